The Morgan fingerprint density at radius 2 is 1.62 bits per heavy atom. The van der Waals surface area contributed by atoms with Gasteiger partial charge in [-0.2, -0.15) is 0 Å². The number of amides is 2. The summed E-state index contributed by atoms with van der Waals surface area (Å²) in [5, 5.41) is 3.83. The standard InChI is InChI=1S/C26H34Cl2N2O2/c1-5-15-29-26(32)24(6-2)30(17-20-9-13-22(27)23(28)16-20)25(31)14-10-19-7-11-21(12-8-19)18(3)4/h7-9,11-13,16,18,24H,5-6,10,14-15,17H2,1-4H3,(H,29,32)/t24-/m0/s1. The maximum atomic E-state index is 13.3. The zero-order valence-electron chi connectivity index (χ0n) is 19.5. The zero-order valence-corrected chi connectivity index (χ0v) is 21.0. The van der Waals surface area contributed by atoms with Crippen LogP contribution >= 0.6 is 23.2 Å². The third-order valence-corrected chi connectivity index (χ3v) is 6.29. The number of nitrogens with zero attached hydrogens (tertiary/aromatic N) is 1. The highest BCUT2D eigenvalue weighted by Gasteiger charge is 2.28. The van der Waals surface area contributed by atoms with Gasteiger partial charge in [-0.1, -0.05) is 81.2 Å². The number of aryl methyl sites for hydroxylation is 1. The Balaban J connectivity index is 2.19. The van der Waals surface area contributed by atoms with Gasteiger partial charge in [-0.3, -0.25) is 9.59 Å². The molecule has 0 saturated carbocycles. The van der Waals surface area contributed by atoms with Crippen LogP contribution in [0.25, 0.3) is 0 Å². The van der Waals surface area contributed by atoms with E-state index >= 15 is 0 Å². The molecule has 0 aliphatic rings. The molecule has 1 atom stereocenters. The lowest BCUT2D eigenvalue weighted by atomic mass is 10.00. The van der Waals surface area contributed by atoms with Crippen molar-refractivity contribution >= 4 is 35.0 Å². The van der Waals surface area contributed by atoms with Crippen molar-refractivity contribution < 1.29 is 9.59 Å². The van der Waals surface area contributed by atoms with Gasteiger partial charge in [0, 0.05) is 19.5 Å². The summed E-state index contributed by atoms with van der Waals surface area (Å²) in [6.07, 6.45) is 2.34. The van der Waals surface area contributed by atoms with E-state index in [2.05, 4.69) is 43.4 Å². The highest BCUT2D eigenvalue weighted by atomic mass is 35.5. The van der Waals surface area contributed by atoms with Crippen LogP contribution in [-0.4, -0.2) is 29.3 Å². The monoisotopic (exact) mass is 476 g/mol. The molecule has 0 heterocycles. The van der Waals surface area contributed by atoms with Crippen LogP contribution in [0.3, 0.4) is 0 Å². The molecule has 0 saturated heterocycles. The van der Waals surface area contributed by atoms with Crippen molar-refractivity contribution in [2.24, 2.45) is 0 Å². The molecular formula is C26H34Cl2N2O2. The number of hydrogen-bond acceptors (Lipinski definition) is 2. The predicted molar refractivity (Wildman–Crippen MR) is 133 cm³/mol. The SMILES string of the molecule is CCCNC(=O)[C@H](CC)N(Cc1ccc(Cl)c(Cl)c1)C(=O)CCc1ccc(C(C)C)cc1. The van der Waals surface area contributed by atoms with Crippen LogP contribution in [0.2, 0.25) is 10.0 Å². The summed E-state index contributed by atoms with van der Waals surface area (Å²) in [5.74, 6) is 0.297. The number of rotatable bonds is 11. The predicted octanol–water partition coefficient (Wildman–Crippen LogP) is 6.38. The normalized spacial score (nSPS) is 12.0. The molecule has 2 amide bonds. The first-order valence-electron chi connectivity index (χ1n) is 11.4. The van der Waals surface area contributed by atoms with Crippen LogP contribution in [0.1, 0.15) is 69.6 Å². The molecule has 2 rings (SSSR count). The first-order valence-corrected chi connectivity index (χ1v) is 12.1. The summed E-state index contributed by atoms with van der Waals surface area (Å²) in [5.41, 5.74) is 3.23. The van der Waals surface area contributed by atoms with Crippen LogP contribution in [0.4, 0.5) is 0 Å². The van der Waals surface area contributed by atoms with Gasteiger partial charge in [0.05, 0.1) is 10.0 Å². The lowest BCUT2D eigenvalue weighted by molar-refractivity contribution is -0.141. The molecule has 0 aromatic heterocycles. The third-order valence-electron chi connectivity index (χ3n) is 5.55. The summed E-state index contributed by atoms with van der Waals surface area (Å²) in [7, 11) is 0. The van der Waals surface area contributed by atoms with Gasteiger partial charge in [0.25, 0.3) is 0 Å². The Labute approximate surface area is 202 Å². The van der Waals surface area contributed by atoms with Gasteiger partial charge in [-0.25, -0.2) is 0 Å². The molecular weight excluding hydrogens is 443 g/mol. The summed E-state index contributed by atoms with van der Waals surface area (Å²) in [4.78, 5) is 27.8. The molecule has 0 radical (unpaired) electrons. The molecule has 0 aliphatic heterocycles. The molecule has 2 aromatic rings. The first kappa shape index (κ1) is 26.2. The van der Waals surface area contributed by atoms with E-state index in [0.717, 1.165) is 17.5 Å². The van der Waals surface area contributed by atoms with Crippen molar-refractivity contribution in [2.45, 2.75) is 71.9 Å². The molecule has 2 aromatic carbocycles. The molecule has 0 fully saturated rings. The van der Waals surface area contributed by atoms with Gasteiger partial charge in [0.15, 0.2) is 0 Å². The number of carbonyl (C=O) groups excluding carboxylic acids is 2. The lowest BCUT2D eigenvalue weighted by Crippen LogP contribution is -2.49. The highest BCUT2D eigenvalue weighted by molar-refractivity contribution is 6.42. The van der Waals surface area contributed by atoms with E-state index in [9.17, 15) is 9.59 Å². The molecule has 0 bridgehead atoms. The van der Waals surface area contributed by atoms with Crippen LogP contribution in [0.15, 0.2) is 42.5 Å². The fourth-order valence-corrected chi connectivity index (χ4v) is 3.90. The molecule has 0 aliphatic carbocycles. The van der Waals surface area contributed by atoms with Gasteiger partial charge in [-0.05, 0) is 54.0 Å². The molecule has 0 unspecified atom stereocenters. The summed E-state index contributed by atoms with van der Waals surface area (Å²) in [6.45, 7) is 9.15. The van der Waals surface area contributed by atoms with Gasteiger partial charge >= 0.3 is 0 Å². The van der Waals surface area contributed by atoms with Gasteiger partial charge < -0.3 is 10.2 Å². The quantitative estimate of drug-likeness (QED) is 0.408. The van der Waals surface area contributed by atoms with Gasteiger partial charge in [0.2, 0.25) is 11.8 Å². The minimum Gasteiger partial charge on any atom is -0.354 e. The van der Waals surface area contributed by atoms with Crippen molar-refractivity contribution in [1.82, 2.24) is 10.2 Å². The number of carbonyl (C=O) groups is 2. The summed E-state index contributed by atoms with van der Waals surface area (Å²) in [6, 6.07) is 13.2. The van der Waals surface area contributed by atoms with Crippen molar-refractivity contribution in [3.05, 3.63) is 69.2 Å². The molecule has 6 heteroatoms. The number of nitrogens with one attached hydrogen (secondary N) is 1. The minimum atomic E-state index is -0.535. The van der Waals surface area contributed by atoms with E-state index in [0.29, 0.717) is 48.3 Å². The highest BCUT2D eigenvalue weighted by Crippen LogP contribution is 2.24. The van der Waals surface area contributed by atoms with Gasteiger partial charge in [0.1, 0.15) is 6.04 Å². The number of hydrogen-bond donors (Lipinski definition) is 1. The number of halogens is 2. The summed E-state index contributed by atoms with van der Waals surface area (Å²) >= 11 is 12.2. The molecule has 32 heavy (non-hydrogen) atoms. The topological polar surface area (TPSA) is 49.4 Å². The second-order valence-electron chi connectivity index (χ2n) is 8.38. The third kappa shape index (κ3) is 7.53. The van der Waals surface area contributed by atoms with Crippen molar-refractivity contribution in [3.8, 4) is 0 Å². The zero-order chi connectivity index (χ0) is 23.7. The Kier molecular flexibility index (Phi) is 10.5. The maximum Gasteiger partial charge on any atom is 0.242 e. The smallest absolute Gasteiger partial charge is 0.242 e. The van der Waals surface area contributed by atoms with Crippen LogP contribution in [0, 0.1) is 0 Å². The maximum absolute atomic E-state index is 13.3. The molecule has 4 nitrogen and oxygen atoms in total. The average molecular weight is 477 g/mol. The van der Waals surface area contributed by atoms with E-state index in [-0.39, 0.29) is 11.8 Å². The Morgan fingerprint density at radius 1 is 0.969 bits per heavy atom. The lowest BCUT2D eigenvalue weighted by Gasteiger charge is -2.31. The van der Waals surface area contributed by atoms with E-state index in [1.165, 1.54) is 5.56 Å². The van der Waals surface area contributed by atoms with E-state index < -0.39 is 6.04 Å². The Morgan fingerprint density at radius 3 is 2.19 bits per heavy atom. The average Bonchev–Trinajstić information content (AvgIpc) is 2.78. The van der Waals surface area contributed by atoms with E-state index in [1.807, 2.05) is 19.9 Å². The van der Waals surface area contributed by atoms with Gasteiger partial charge in [-0.15, -0.1) is 0 Å². The number of benzene rings is 2. The minimum absolute atomic E-state index is 0.0532. The van der Waals surface area contributed by atoms with Crippen molar-refractivity contribution in [1.29, 1.82) is 0 Å². The van der Waals surface area contributed by atoms with Crippen molar-refractivity contribution in [2.75, 3.05) is 6.54 Å². The van der Waals surface area contributed by atoms with Crippen LogP contribution in [0.5, 0.6) is 0 Å². The fourth-order valence-electron chi connectivity index (χ4n) is 3.58. The van der Waals surface area contributed by atoms with E-state index in [4.69, 9.17) is 23.2 Å². The van der Waals surface area contributed by atoms with E-state index in [1.54, 1.807) is 17.0 Å². The largest absolute Gasteiger partial charge is 0.354 e. The molecule has 0 spiro atoms. The molecule has 174 valence electrons. The second kappa shape index (κ2) is 12.9. The second-order valence-corrected chi connectivity index (χ2v) is 9.20. The Bertz CT molecular complexity index is 897. The Hall–Kier alpha value is -2.04. The fraction of sp³-hybridized carbons (Fsp3) is 0.462. The first-order chi connectivity index (χ1) is 15.3. The molecule has 1 N–H and O–H groups in total. The van der Waals surface area contributed by atoms with Crippen LogP contribution in [-0.2, 0) is 22.6 Å². The summed E-state index contributed by atoms with van der Waals surface area (Å²) < 4.78 is 0. The van der Waals surface area contributed by atoms with Crippen LogP contribution < -0.4 is 5.32 Å². The van der Waals surface area contributed by atoms with Crippen molar-refractivity contribution in [3.63, 3.8) is 0 Å².